The first kappa shape index (κ1) is 18.0. The van der Waals surface area contributed by atoms with Gasteiger partial charge in [-0.25, -0.2) is 0 Å². The van der Waals surface area contributed by atoms with E-state index in [9.17, 15) is 0 Å². The van der Waals surface area contributed by atoms with Crippen LogP contribution in [0.25, 0.3) is 0 Å². The highest BCUT2D eigenvalue weighted by atomic mass is 16.7. The monoisotopic (exact) mass is 323 g/mol. The van der Waals surface area contributed by atoms with Gasteiger partial charge in [0.2, 0.25) is 0 Å². The Balaban J connectivity index is 1.92. The molecule has 1 fully saturated rings. The van der Waals surface area contributed by atoms with Gasteiger partial charge in [-0.1, -0.05) is 6.07 Å². The van der Waals surface area contributed by atoms with Crippen LogP contribution in [0.4, 0.5) is 0 Å². The minimum atomic E-state index is -0.442. The number of hydrogen-bond donors (Lipinski definition) is 1. The number of ether oxygens (including phenoxy) is 4. The van der Waals surface area contributed by atoms with Crippen LogP contribution in [0.2, 0.25) is 0 Å². The van der Waals surface area contributed by atoms with Crippen molar-refractivity contribution in [3.05, 3.63) is 23.8 Å². The van der Waals surface area contributed by atoms with E-state index in [1.165, 1.54) is 5.56 Å². The van der Waals surface area contributed by atoms with Crippen molar-refractivity contribution in [2.45, 2.75) is 45.9 Å². The van der Waals surface area contributed by atoms with Gasteiger partial charge in [0.15, 0.2) is 17.3 Å². The SMILES string of the molecule is CCOc1ccc(C(C)NCCC2(C)OCCO2)cc1OCC. The first-order valence-corrected chi connectivity index (χ1v) is 8.49. The Morgan fingerprint density at radius 2 is 1.78 bits per heavy atom. The van der Waals surface area contributed by atoms with Gasteiger partial charge in [-0.3, -0.25) is 0 Å². The molecule has 0 bridgehead atoms. The maximum Gasteiger partial charge on any atom is 0.166 e. The normalized spacial score (nSPS) is 17.9. The Labute approximate surface area is 139 Å². The Morgan fingerprint density at radius 1 is 1.13 bits per heavy atom. The summed E-state index contributed by atoms with van der Waals surface area (Å²) in [6, 6.07) is 6.33. The third kappa shape index (κ3) is 5.09. The second-order valence-electron chi connectivity index (χ2n) is 5.83. The molecule has 0 aromatic heterocycles. The summed E-state index contributed by atoms with van der Waals surface area (Å²) in [6.45, 7) is 11.5. The molecule has 1 saturated heterocycles. The summed E-state index contributed by atoms with van der Waals surface area (Å²) in [7, 11) is 0. The first-order valence-electron chi connectivity index (χ1n) is 8.49. The lowest BCUT2D eigenvalue weighted by Crippen LogP contribution is -2.32. The van der Waals surface area contributed by atoms with Gasteiger partial charge in [-0.05, 0) is 45.4 Å². The molecule has 0 aliphatic carbocycles. The molecule has 5 nitrogen and oxygen atoms in total. The van der Waals surface area contributed by atoms with E-state index in [-0.39, 0.29) is 6.04 Å². The summed E-state index contributed by atoms with van der Waals surface area (Å²) in [5.74, 6) is 1.16. The summed E-state index contributed by atoms with van der Waals surface area (Å²) in [5.41, 5.74) is 1.18. The van der Waals surface area contributed by atoms with Crippen LogP contribution in [0, 0.1) is 0 Å². The van der Waals surface area contributed by atoms with Crippen molar-refractivity contribution in [1.29, 1.82) is 0 Å². The van der Waals surface area contributed by atoms with E-state index >= 15 is 0 Å². The fourth-order valence-electron chi connectivity index (χ4n) is 2.67. The highest BCUT2D eigenvalue weighted by molar-refractivity contribution is 5.43. The smallest absolute Gasteiger partial charge is 0.166 e. The van der Waals surface area contributed by atoms with E-state index in [1.54, 1.807) is 0 Å². The van der Waals surface area contributed by atoms with Gasteiger partial charge in [-0.15, -0.1) is 0 Å². The molecule has 130 valence electrons. The Bertz CT molecular complexity index is 486. The van der Waals surface area contributed by atoms with Crippen molar-refractivity contribution < 1.29 is 18.9 Å². The molecule has 0 amide bonds. The van der Waals surface area contributed by atoms with E-state index in [1.807, 2.05) is 26.8 Å². The average molecular weight is 323 g/mol. The van der Waals surface area contributed by atoms with E-state index < -0.39 is 5.79 Å². The van der Waals surface area contributed by atoms with Gasteiger partial charge >= 0.3 is 0 Å². The Kier molecular flexibility index (Phi) is 6.69. The van der Waals surface area contributed by atoms with Crippen LogP contribution in [0.1, 0.15) is 45.7 Å². The second-order valence-corrected chi connectivity index (χ2v) is 5.83. The predicted molar refractivity (Wildman–Crippen MR) is 90.1 cm³/mol. The van der Waals surface area contributed by atoms with Gasteiger partial charge in [0.1, 0.15) is 0 Å². The van der Waals surface area contributed by atoms with Gasteiger partial charge in [0, 0.05) is 19.0 Å². The molecule has 1 N–H and O–H groups in total. The van der Waals surface area contributed by atoms with Crippen LogP contribution >= 0.6 is 0 Å². The molecule has 1 aromatic rings. The Morgan fingerprint density at radius 3 is 2.43 bits per heavy atom. The van der Waals surface area contributed by atoms with Crippen molar-refractivity contribution in [2.24, 2.45) is 0 Å². The maximum atomic E-state index is 5.69. The summed E-state index contributed by atoms with van der Waals surface area (Å²) in [4.78, 5) is 0. The highest BCUT2D eigenvalue weighted by Crippen LogP contribution is 2.31. The molecule has 1 atom stereocenters. The summed E-state index contributed by atoms with van der Waals surface area (Å²) >= 11 is 0. The van der Waals surface area contributed by atoms with Crippen LogP contribution in [0.15, 0.2) is 18.2 Å². The fraction of sp³-hybridized carbons (Fsp3) is 0.667. The fourth-order valence-corrected chi connectivity index (χ4v) is 2.67. The van der Waals surface area contributed by atoms with Gasteiger partial charge in [-0.2, -0.15) is 0 Å². The molecule has 1 unspecified atom stereocenters. The third-order valence-corrected chi connectivity index (χ3v) is 4.00. The van der Waals surface area contributed by atoms with Crippen LogP contribution in [0.5, 0.6) is 11.5 Å². The largest absolute Gasteiger partial charge is 0.490 e. The highest BCUT2D eigenvalue weighted by Gasteiger charge is 2.30. The van der Waals surface area contributed by atoms with Gasteiger partial charge < -0.3 is 24.3 Å². The van der Waals surface area contributed by atoms with Crippen LogP contribution < -0.4 is 14.8 Å². The summed E-state index contributed by atoms with van der Waals surface area (Å²) in [6.07, 6.45) is 0.826. The lowest BCUT2D eigenvalue weighted by atomic mass is 10.1. The number of hydrogen-bond acceptors (Lipinski definition) is 5. The lowest BCUT2D eigenvalue weighted by molar-refractivity contribution is -0.145. The quantitative estimate of drug-likeness (QED) is 0.756. The van der Waals surface area contributed by atoms with Crippen LogP contribution in [-0.2, 0) is 9.47 Å². The molecule has 1 heterocycles. The molecule has 0 spiro atoms. The average Bonchev–Trinajstić information content (AvgIpc) is 2.96. The number of nitrogens with one attached hydrogen (secondary N) is 1. The Hall–Kier alpha value is -1.30. The maximum absolute atomic E-state index is 5.69. The minimum Gasteiger partial charge on any atom is -0.490 e. The molecule has 1 aliphatic rings. The molecular formula is C18H29NO4. The van der Waals surface area contributed by atoms with Crippen molar-refractivity contribution in [1.82, 2.24) is 5.32 Å². The molecule has 1 aliphatic heterocycles. The zero-order valence-electron chi connectivity index (χ0n) is 14.7. The number of rotatable bonds is 9. The second kappa shape index (κ2) is 8.52. The van der Waals surface area contributed by atoms with Crippen molar-refractivity contribution >= 4 is 0 Å². The van der Waals surface area contributed by atoms with Crippen molar-refractivity contribution in [2.75, 3.05) is 33.0 Å². The van der Waals surface area contributed by atoms with E-state index in [4.69, 9.17) is 18.9 Å². The molecule has 1 aromatic carbocycles. The minimum absolute atomic E-state index is 0.217. The number of benzene rings is 1. The van der Waals surface area contributed by atoms with E-state index in [2.05, 4.69) is 24.4 Å². The van der Waals surface area contributed by atoms with Crippen molar-refractivity contribution in [3.63, 3.8) is 0 Å². The van der Waals surface area contributed by atoms with Gasteiger partial charge in [0.05, 0.1) is 26.4 Å². The predicted octanol–water partition coefficient (Wildman–Crippen LogP) is 3.29. The standard InChI is InChI=1S/C18H29NO4/c1-5-20-16-8-7-15(13-17(16)21-6-2)14(3)19-10-9-18(4)22-11-12-23-18/h7-8,13-14,19H,5-6,9-12H2,1-4H3. The van der Waals surface area contributed by atoms with Gasteiger partial charge in [0.25, 0.3) is 0 Å². The van der Waals surface area contributed by atoms with E-state index in [0.717, 1.165) is 24.5 Å². The molecular weight excluding hydrogens is 294 g/mol. The van der Waals surface area contributed by atoms with Crippen LogP contribution in [-0.4, -0.2) is 38.8 Å². The molecule has 23 heavy (non-hydrogen) atoms. The zero-order valence-corrected chi connectivity index (χ0v) is 14.7. The molecule has 5 heteroatoms. The zero-order chi connectivity index (χ0) is 16.7. The first-order chi connectivity index (χ1) is 11.1. The summed E-state index contributed by atoms with van der Waals surface area (Å²) < 4.78 is 22.5. The van der Waals surface area contributed by atoms with E-state index in [0.29, 0.717) is 26.4 Å². The topological polar surface area (TPSA) is 49.0 Å². The summed E-state index contributed by atoms with van der Waals surface area (Å²) in [5, 5.41) is 3.52. The van der Waals surface area contributed by atoms with Crippen LogP contribution in [0.3, 0.4) is 0 Å². The molecule has 0 radical (unpaired) electrons. The molecule has 0 saturated carbocycles. The lowest BCUT2D eigenvalue weighted by Gasteiger charge is -2.24. The third-order valence-electron chi connectivity index (χ3n) is 4.00. The molecule has 2 rings (SSSR count). The van der Waals surface area contributed by atoms with Crippen molar-refractivity contribution in [3.8, 4) is 11.5 Å².